The van der Waals surface area contributed by atoms with E-state index in [-0.39, 0.29) is 0 Å². The van der Waals surface area contributed by atoms with E-state index >= 15 is 0 Å². The second-order valence-electron chi connectivity index (χ2n) is 13.0. The number of pyridine rings is 1. The Labute approximate surface area is 310 Å². The average Bonchev–Trinajstić information content (AvgIpc) is 3.74. The van der Waals surface area contributed by atoms with Gasteiger partial charge in [-0.2, -0.15) is 8.75 Å². The first-order valence-corrected chi connectivity index (χ1v) is 18.2. The second-order valence-corrected chi connectivity index (χ2v) is 13.5. The summed E-state index contributed by atoms with van der Waals surface area (Å²) in [7, 11) is 0. The van der Waals surface area contributed by atoms with Gasteiger partial charge < -0.3 is 0 Å². The molecule has 0 saturated heterocycles. The van der Waals surface area contributed by atoms with Gasteiger partial charge >= 0.3 is 0 Å². The maximum Gasteiger partial charge on any atom is 0.160 e. The number of fused-ring (bicyclic) bond motifs is 5. The Morgan fingerprint density at radius 2 is 0.906 bits per heavy atom. The van der Waals surface area contributed by atoms with Gasteiger partial charge in [-0.3, -0.25) is 0 Å². The summed E-state index contributed by atoms with van der Waals surface area (Å²) >= 11 is 1.22. The number of nitrogens with zero attached hydrogens (tertiary/aromatic N) is 5. The van der Waals surface area contributed by atoms with Crippen molar-refractivity contribution in [2.24, 2.45) is 0 Å². The molecule has 10 aromatic rings. The van der Waals surface area contributed by atoms with Crippen LogP contribution in [0.4, 0.5) is 0 Å². The molecule has 0 fully saturated rings. The molecule has 53 heavy (non-hydrogen) atoms. The second kappa shape index (κ2) is 13.0. The zero-order chi connectivity index (χ0) is 35.1. The molecule has 0 N–H and O–H groups in total. The summed E-state index contributed by atoms with van der Waals surface area (Å²) in [6.07, 6.45) is 0. The van der Waals surface area contributed by atoms with E-state index in [0.717, 1.165) is 94.3 Å². The van der Waals surface area contributed by atoms with Gasteiger partial charge in [0.15, 0.2) is 5.82 Å². The SMILES string of the molecule is c1ccc(-c2cccc(-c3cc(-c4cc5c(-c6ccccc6)nc6ccccc6c5c5nsnc45)nc(-c4cccc(-c5ccccc5)c4)n3)c2)cc1. The Kier molecular flexibility index (Phi) is 7.59. The fourth-order valence-corrected chi connectivity index (χ4v) is 7.76. The largest absolute Gasteiger partial charge is 0.247 e. The summed E-state index contributed by atoms with van der Waals surface area (Å²) in [4.78, 5) is 15.8. The smallest absolute Gasteiger partial charge is 0.160 e. The van der Waals surface area contributed by atoms with Crippen LogP contribution in [0.5, 0.6) is 0 Å². The first-order valence-electron chi connectivity index (χ1n) is 17.5. The zero-order valence-corrected chi connectivity index (χ0v) is 29.2. The molecule has 10 rings (SSSR count). The van der Waals surface area contributed by atoms with Crippen LogP contribution >= 0.6 is 11.7 Å². The lowest BCUT2D eigenvalue weighted by molar-refractivity contribution is 1.18. The Morgan fingerprint density at radius 3 is 1.62 bits per heavy atom. The van der Waals surface area contributed by atoms with Gasteiger partial charge in [0.05, 0.1) is 34.3 Å². The minimum atomic E-state index is 0.636. The van der Waals surface area contributed by atoms with Crippen molar-refractivity contribution in [2.75, 3.05) is 0 Å². The Bertz CT molecular complexity index is 2840. The molecule has 7 aromatic carbocycles. The van der Waals surface area contributed by atoms with Crippen LogP contribution in [0, 0.1) is 0 Å². The van der Waals surface area contributed by atoms with E-state index in [9.17, 15) is 0 Å². The van der Waals surface area contributed by atoms with E-state index in [1.54, 1.807) is 0 Å². The van der Waals surface area contributed by atoms with Crippen LogP contribution in [0.25, 0.3) is 100 Å². The molecular formula is C47H29N5S. The van der Waals surface area contributed by atoms with Crippen molar-refractivity contribution in [2.45, 2.75) is 0 Å². The number of para-hydroxylation sites is 1. The number of hydrogen-bond acceptors (Lipinski definition) is 6. The molecule has 6 heteroatoms. The van der Waals surface area contributed by atoms with Crippen molar-refractivity contribution in [1.82, 2.24) is 23.7 Å². The molecule has 248 valence electrons. The van der Waals surface area contributed by atoms with Gasteiger partial charge in [0.2, 0.25) is 0 Å². The number of hydrogen-bond donors (Lipinski definition) is 0. The Morgan fingerprint density at radius 1 is 0.358 bits per heavy atom. The van der Waals surface area contributed by atoms with Gasteiger partial charge in [0, 0.05) is 38.4 Å². The number of benzene rings is 7. The lowest BCUT2D eigenvalue weighted by atomic mass is 9.95. The van der Waals surface area contributed by atoms with Gasteiger partial charge in [-0.25, -0.2) is 15.0 Å². The van der Waals surface area contributed by atoms with Crippen LogP contribution in [0.2, 0.25) is 0 Å². The van der Waals surface area contributed by atoms with E-state index in [4.69, 9.17) is 23.7 Å². The van der Waals surface area contributed by atoms with Crippen LogP contribution in [-0.4, -0.2) is 23.7 Å². The van der Waals surface area contributed by atoms with Crippen molar-refractivity contribution in [3.63, 3.8) is 0 Å². The standard InChI is InChI=1S/C47H29N5S/c1-4-14-30(15-5-1)33-20-12-22-35(26-33)41-29-42(50-47(49-41)36-23-13-21-34(27-36)31-16-6-2-7-17-31)38-28-39-43(46-45(38)51-53-52-46)37-24-10-11-25-40(37)48-44(39)32-18-8-3-9-19-32/h1-29H. The number of aromatic nitrogens is 5. The molecule has 3 heterocycles. The maximum absolute atomic E-state index is 5.32. The fraction of sp³-hybridized carbons (Fsp3) is 0. The quantitative estimate of drug-likeness (QED) is 0.162. The van der Waals surface area contributed by atoms with Crippen LogP contribution < -0.4 is 0 Å². The zero-order valence-electron chi connectivity index (χ0n) is 28.4. The van der Waals surface area contributed by atoms with E-state index < -0.39 is 0 Å². The third kappa shape index (κ3) is 5.62. The van der Waals surface area contributed by atoms with Crippen molar-refractivity contribution in [1.29, 1.82) is 0 Å². The summed E-state index contributed by atoms with van der Waals surface area (Å²) < 4.78 is 9.85. The van der Waals surface area contributed by atoms with Crippen molar-refractivity contribution in [3.8, 4) is 67.4 Å². The maximum atomic E-state index is 5.32. The molecule has 0 aliphatic rings. The highest BCUT2D eigenvalue weighted by atomic mass is 32.1. The average molecular weight is 696 g/mol. The first kappa shape index (κ1) is 30.9. The summed E-state index contributed by atoms with van der Waals surface area (Å²) in [5, 5.41) is 3.09. The lowest BCUT2D eigenvalue weighted by Gasteiger charge is -2.14. The summed E-state index contributed by atoms with van der Waals surface area (Å²) in [5.74, 6) is 0.636. The molecule has 5 nitrogen and oxygen atoms in total. The van der Waals surface area contributed by atoms with Crippen molar-refractivity contribution < 1.29 is 0 Å². The summed E-state index contributed by atoms with van der Waals surface area (Å²) in [5.41, 5.74) is 13.4. The lowest BCUT2D eigenvalue weighted by Crippen LogP contribution is -1.98. The van der Waals surface area contributed by atoms with Crippen molar-refractivity contribution in [3.05, 3.63) is 176 Å². The minimum Gasteiger partial charge on any atom is -0.247 e. The van der Waals surface area contributed by atoms with Gasteiger partial charge in [-0.1, -0.05) is 146 Å². The molecule has 0 radical (unpaired) electrons. The normalized spacial score (nSPS) is 11.4. The highest BCUT2D eigenvalue weighted by Crippen LogP contribution is 2.41. The van der Waals surface area contributed by atoms with Crippen molar-refractivity contribution >= 4 is 44.4 Å². The molecule has 0 aliphatic heterocycles. The minimum absolute atomic E-state index is 0.636. The van der Waals surface area contributed by atoms with E-state index in [0.29, 0.717) is 5.82 Å². The molecule has 0 bridgehead atoms. The molecule has 0 aliphatic carbocycles. The topological polar surface area (TPSA) is 64.5 Å². The summed E-state index contributed by atoms with van der Waals surface area (Å²) in [6.45, 7) is 0. The molecular weight excluding hydrogens is 667 g/mol. The van der Waals surface area contributed by atoms with E-state index in [1.165, 1.54) is 11.7 Å². The van der Waals surface area contributed by atoms with Crippen LogP contribution in [0.3, 0.4) is 0 Å². The third-order valence-corrected chi connectivity index (χ3v) is 10.3. The highest BCUT2D eigenvalue weighted by molar-refractivity contribution is 7.00. The van der Waals surface area contributed by atoms with Crippen LogP contribution in [-0.2, 0) is 0 Å². The molecule has 0 atom stereocenters. The van der Waals surface area contributed by atoms with Gasteiger partial charge in [-0.15, -0.1) is 0 Å². The monoisotopic (exact) mass is 695 g/mol. The number of rotatable bonds is 6. The summed E-state index contributed by atoms with van der Waals surface area (Å²) in [6, 6.07) is 60.8. The highest BCUT2D eigenvalue weighted by Gasteiger charge is 2.21. The molecule has 0 saturated carbocycles. The fourth-order valence-electron chi connectivity index (χ4n) is 7.20. The van der Waals surface area contributed by atoms with Gasteiger partial charge in [0.25, 0.3) is 0 Å². The van der Waals surface area contributed by atoms with Crippen LogP contribution in [0.1, 0.15) is 0 Å². The van der Waals surface area contributed by atoms with E-state index in [1.807, 2.05) is 24.3 Å². The molecule has 0 unspecified atom stereocenters. The molecule has 3 aromatic heterocycles. The first-order chi connectivity index (χ1) is 26.3. The predicted octanol–water partition coefficient (Wildman–Crippen LogP) is 12.2. The van der Waals surface area contributed by atoms with E-state index in [2.05, 4.69) is 152 Å². The van der Waals surface area contributed by atoms with Gasteiger partial charge in [0.1, 0.15) is 11.0 Å². The molecule has 0 spiro atoms. The third-order valence-electron chi connectivity index (χ3n) is 9.74. The Balaban J connectivity index is 1.25. The predicted molar refractivity (Wildman–Crippen MR) is 218 cm³/mol. The molecule has 0 amide bonds. The van der Waals surface area contributed by atoms with Gasteiger partial charge in [-0.05, 0) is 52.6 Å². The van der Waals surface area contributed by atoms with Crippen LogP contribution in [0.15, 0.2) is 176 Å². The Hall–Kier alpha value is -6.89.